The van der Waals surface area contributed by atoms with E-state index in [1.165, 1.54) is 0 Å². The number of carbonyl (C=O) groups excluding carboxylic acids is 3. The zero-order chi connectivity index (χ0) is 31.7. The number of hydrogen-bond acceptors (Lipinski definition) is 6. The van der Waals surface area contributed by atoms with E-state index in [1.807, 2.05) is 51.7 Å². The van der Waals surface area contributed by atoms with Crippen LogP contribution in [-0.2, 0) is 19.1 Å². The molecule has 4 N–H and O–H groups in total. The first-order valence-electron chi connectivity index (χ1n) is 15.9. The molecular weight excluding hydrogens is 532 g/mol. The number of carbonyl (C=O) groups is 3. The molecule has 3 amide bonds. The SMILES string of the molecule is CC[C@H](C)[C@@H]([C@@H](CC(=O)N1CCC[C@H]1[C@H](C)[C@@H](C)C(=O)N[C@H](C)[C@@H](O)C1=CC=CCC1)OC)N(C)C(=O)[C@@H](N)C(C)C. The summed E-state index contributed by atoms with van der Waals surface area (Å²) in [4.78, 5) is 43.8. The van der Waals surface area contributed by atoms with Crippen LogP contribution in [0.25, 0.3) is 0 Å². The Bertz CT molecular complexity index is 966. The minimum Gasteiger partial charge on any atom is -0.387 e. The molecule has 9 nitrogen and oxygen atoms in total. The Morgan fingerprint density at radius 2 is 1.86 bits per heavy atom. The van der Waals surface area contributed by atoms with Crippen LogP contribution in [0.15, 0.2) is 23.8 Å². The van der Waals surface area contributed by atoms with Crippen molar-refractivity contribution in [3.05, 3.63) is 23.8 Å². The Hall–Kier alpha value is -2.23. The van der Waals surface area contributed by atoms with Crippen molar-refractivity contribution in [3.63, 3.8) is 0 Å². The molecule has 9 atom stereocenters. The van der Waals surface area contributed by atoms with Gasteiger partial charge in [0.15, 0.2) is 0 Å². The summed E-state index contributed by atoms with van der Waals surface area (Å²) in [5, 5.41) is 13.8. The minimum absolute atomic E-state index is 0.000975. The Kier molecular flexibility index (Phi) is 14.2. The predicted molar refractivity (Wildman–Crippen MR) is 167 cm³/mol. The topological polar surface area (TPSA) is 125 Å². The fraction of sp³-hybridized carbons (Fsp3) is 0.788. The monoisotopic (exact) mass is 590 g/mol. The zero-order valence-corrected chi connectivity index (χ0v) is 27.5. The minimum atomic E-state index is -0.726. The second kappa shape index (κ2) is 16.6. The maximum atomic E-state index is 13.8. The number of aliphatic hydroxyl groups is 1. The summed E-state index contributed by atoms with van der Waals surface area (Å²) in [5.74, 6) is -0.596. The third-order valence-corrected chi connectivity index (χ3v) is 9.78. The van der Waals surface area contributed by atoms with E-state index in [-0.39, 0.29) is 59.9 Å². The molecule has 1 fully saturated rings. The molecule has 1 aliphatic heterocycles. The van der Waals surface area contributed by atoms with Crippen LogP contribution in [0.5, 0.6) is 0 Å². The van der Waals surface area contributed by atoms with E-state index in [4.69, 9.17) is 10.5 Å². The summed E-state index contributed by atoms with van der Waals surface area (Å²) in [6, 6.07) is -1.40. The lowest BCUT2D eigenvalue weighted by Gasteiger charge is -2.40. The normalized spacial score (nSPS) is 22.9. The number of likely N-dealkylation sites (tertiary alicyclic amines) is 1. The summed E-state index contributed by atoms with van der Waals surface area (Å²) in [5.41, 5.74) is 7.14. The molecule has 1 saturated heterocycles. The van der Waals surface area contributed by atoms with Crippen LogP contribution in [-0.4, -0.2) is 89.7 Å². The van der Waals surface area contributed by atoms with Gasteiger partial charge in [0.1, 0.15) is 0 Å². The van der Waals surface area contributed by atoms with Gasteiger partial charge in [0.25, 0.3) is 0 Å². The van der Waals surface area contributed by atoms with Gasteiger partial charge in [-0.2, -0.15) is 0 Å². The van der Waals surface area contributed by atoms with Gasteiger partial charge in [-0.3, -0.25) is 14.4 Å². The number of aliphatic hydroxyl groups excluding tert-OH is 1. The highest BCUT2D eigenvalue weighted by molar-refractivity contribution is 5.82. The van der Waals surface area contributed by atoms with Crippen molar-refractivity contribution in [1.29, 1.82) is 0 Å². The number of amides is 3. The summed E-state index contributed by atoms with van der Waals surface area (Å²) in [6.45, 7) is 14.4. The van der Waals surface area contributed by atoms with E-state index >= 15 is 0 Å². The average molecular weight is 591 g/mol. The van der Waals surface area contributed by atoms with Crippen molar-refractivity contribution in [3.8, 4) is 0 Å². The van der Waals surface area contributed by atoms with Gasteiger partial charge < -0.3 is 30.7 Å². The van der Waals surface area contributed by atoms with Gasteiger partial charge in [-0.05, 0) is 55.9 Å². The van der Waals surface area contributed by atoms with E-state index in [9.17, 15) is 19.5 Å². The molecule has 0 saturated carbocycles. The molecule has 1 aliphatic carbocycles. The molecule has 1 heterocycles. The van der Waals surface area contributed by atoms with Gasteiger partial charge in [-0.25, -0.2) is 0 Å². The van der Waals surface area contributed by atoms with Crippen LogP contribution in [0.4, 0.5) is 0 Å². The molecule has 42 heavy (non-hydrogen) atoms. The zero-order valence-electron chi connectivity index (χ0n) is 27.5. The summed E-state index contributed by atoms with van der Waals surface area (Å²) in [6.07, 6.45) is 9.09. The number of likely N-dealkylation sites (N-methyl/N-ethyl adjacent to an activating group) is 1. The largest absolute Gasteiger partial charge is 0.387 e. The summed E-state index contributed by atoms with van der Waals surface area (Å²) < 4.78 is 5.90. The third-order valence-electron chi connectivity index (χ3n) is 9.78. The quantitative estimate of drug-likeness (QED) is 0.267. The Morgan fingerprint density at radius 1 is 1.19 bits per heavy atom. The summed E-state index contributed by atoms with van der Waals surface area (Å²) in [7, 11) is 3.36. The fourth-order valence-corrected chi connectivity index (χ4v) is 6.38. The second-order valence-electron chi connectivity index (χ2n) is 13.0. The molecule has 0 bridgehead atoms. The first kappa shape index (κ1) is 36.0. The van der Waals surface area contributed by atoms with Gasteiger partial charge in [0.05, 0.1) is 36.8 Å². The standard InChI is InChI=1S/C33H58N4O5/c1-10-21(4)30(36(8)33(41)29(34)20(2)3)27(42-9)19-28(38)37-18-14-17-26(37)22(5)23(6)32(40)35-24(7)31(39)25-15-12-11-13-16-25/h11-12,15,20-24,26-27,29-31,39H,10,13-14,16-19,34H2,1-9H3,(H,35,40)/t21-,22+,23+,24+,26-,27+,29-,30-,31+/m0/s1. The van der Waals surface area contributed by atoms with Crippen LogP contribution in [0.3, 0.4) is 0 Å². The molecule has 0 radical (unpaired) electrons. The number of rotatable bonds is 15. The molecule has 240 valence electrons. The molecule has 9 heteroatoms. The fourth-order valence-electron chi connectivity index (χ4n) is 6.38. The van der Waals surface area contributed by atoms with Gasteiger partial charge >= 0.3 is 0 Å². The van der Waals surface area contributed by atoms with Crippen LogP contribution in [0.1, 0.15) is 87.0 Å². The van der Waals surface area contributed by atoms with Crippen LogP contribution in [0, 0.1) is 23.7 Å². The maximum Gasteiger partial charge on any atom is 0.239 e. The van der Waals surface area contributed by atoms with Crippen molar-refractivity contribution >= 4 is 17.7 Å². The molecule has 2 aliphatic rings. The number of methoxy groups -OCH3 is 1. The molecule has 0 aromatic heterocycles. The average Bonchev–Trinajstić information content (AvgIpc) is 3.48. The molecular formula is C33H58N4O5. The number of allylic oxidation sites excluding steroid dienone is 3. The number of nitrogens with one attached hydrogen (secondary N) is 1. The Balaban J connectivity index is 2.11. The number of hydrogen-bond donors (Lipinski definition) is 3. The molecule has 0 spiro atoms. The van der Waals surface area contributed by atoms with Gasteiger partial charge in [-0.1, -0.05) is 66.2 Å². The third kappa shape index (κ3) is 8.89. The van der Waals surface area contributed by atoms with Crippen LogP contribution in [0.2, 0.25) is 0 Å². The molecule has 0 unspecified atom stereocenters. The Morgan fingerprint density at radius 3 is 2.40 bits per heavy atom. The van der Waals surface area contributed by atoms with E-state index in [2.05, 4.69) is 25.2 Å². The van der Waals surface area contributed by atoms with Crippen molar-refractivity contribution in [1.82, 2.24) is 15.1 Å². The Labute approximate surface area is 254 Å². The molecule has 0 aromatic carbocycles. The van der Waals surface area contributed by atoms with Crippen molar-refractivity contribution in [2.75, 3.05) is 20.7 Å². The van der Waals surface area contributed by atoms with Crippen molar-refractivity contribution in [2.45, 2.75) is 123 Å². The lowest BCUT2D eigenvalue weighted by molar-refractivity contribution is -0.144. The second-order valence-corrected chi connectivity index (χ2v) is 13.0. The van der Waals surface area contributed by atoms with Crippen molar-refractivity contribution in [2.24, 2.45) is 29.4 Å². The highest BCUT2D eigenvalue weighted by Gasteiger charge is 2.41. The smallest absolute Gasteiger partial charge is 0.239 e. The molecule has 2 rings (SSSR count). The van der Waals surface area contributed by atoms with Crippen molar-refractivity contribution < 1.29 is 24.2 Å². The van der Waals surface area contributed by atoms with Crippen LogP contribution < -0.4 is 11.1 Å². The van der Waals surface area contributed by atoms with E-state index < -0.39 is 24.3 Å². The van der Waals surface area contributed by atoms with Gasteiger partial charge in [0.2, 0.25) is 17.7 Å². The lowest BCUT2D eigenvalue weighted by Crippen LogP contribution is -2.56. The van der Waals surface area contributed by atoms with E-state index in [1.54, 1.807) is 19.1 Å². The highest BCUT2D eigenvalue weighted by Crippen LogP contribution is 2.31. The number of nitrogens with zero attached hydrogens (tertiary/aromatic N) is 2. The molecule has 0 aromatic rings. The number of ether oxygens (including phenoxy) is 1. The van der Waals surface area contributed by atoms with Gasteiger partial charge in [0, 0.05) is 32.7 Å². The lowest BCUT2D eigenvalue weighted by atomic mass is 9.86. The van der Waals surface area contributed by atoms with E-state index in [0.717, 1.165) is 37.7 Å². The van der Waals surface area contributed by atoms with Gasteiger partial charge in [-0.15, -0.1) is 0 Å². The highest BCUT2D eigenvalue weighted by atomic mass is 16.5. The summed E-state index contributed by atoms with van der Waals surface area (Å²) >= 11 is 0. The predicted octanol–water partition coefficient (Wildman–Crippen LogP) is 3.65. The first-order valence-corrected chi connectivity index (χ1v) is 15.9. The number of nitrogens with two attached hydrogens (primary N) is 1. The van der Waals surface area contributed by atoms with E-state index in [0.29, 0.717) is 6.54 Å². The van der Waals surface area contributed by atoms with Crippen LogP contribution >= 0.6 is 0 Å². The first-order chi connectivity index (χ1) is 19.8. The maximum absolute atomic E-state index is 13.8.